The fourth-order valence-electron chi connectivity index (χ4n) is 3.48. The number of nitrogens with two attached hydrogens (primary N) is 1. The summed E-state index contributed by atoms with van der Waals surface area (Å²) in [5.74, 6) is 0.462. The Bertz CT molecular complexity index is 387. The van der Waals surface area contributed by atoms with Gasteiger partial charge in [-0.1, -0.05) is 38.8 Å². The van der Waals surface area contributed by atoms with Crippen molar-refractivity contribution < 1.29 is 10.0 Å². The first kappa shape index (κ1) is 17.8. The van der Waals surface area contributed by atoms with E-state index in [4.69, 9.17) is 10.9 Å². The van der Waals surface area contributed by atoms with Gasteiger partial charge in [-0.2, -0.15) is 0 Å². The second kappa shape index (κ2) is 7.14. The van der Waals surface area contributed by atoms with Gasteiger partial charge >= 0.3 is 0 Å². The number of hydrogen-bond acceptors (Lipinski definition) is 3. The Labute approximate surface area is 128 Å². The Morgan fingerprint density at radius 3 is 2.43 bits per heavy atom. The lowest BCUT2D eigenvalue weighted by molar-refractivity contribution is -0.127. The van der Waals surface area contributed by atoms with Crippen molar-refractivity contribution in [1.29, 1.82) is 0 Å². The maximum absolute atomic E-state index is 12.5. The monoisotopic (exact) mass is 297 g/mol. The second-order valence-corrected chi connectivity index (χ2v) is 7.16. The van der Waals surface area contributed by atoms with Crippen LogP contribution in [0.4, 0.5) is 0 Å². The molecule has 5 heteroatoms. The first-order chi connectivity index (χ1) is 9.79. The van der Waals surface area contributed by atoms with Crippen molar-refractivity contribution in [3.63, 3.8) is 0 Å². The molecule has 0 aliphatic heterocycles. The van der Waals surface area contributed by atoms with E-state index in [0.29, 0.717) is 18.9 Å². The predicted octanol–water partition coefficient (Wildman–Crippen LogP) is 2.87. The van der Waals surface area contributed by atoms with Crippen molar-refractivity contribution in [2.75, 3.05) is 6.54 Å². The largest absolute Gasteiger partial charge is 0.409 e. The van der Waals surface area contributed by atoms with Crippen LogP contribution in [0.3, 0.4) is 0 Å². The first-order valence-electron chi connectivity index (χ1n) is 8.06. The van der Waals surface area contributed by atoms with Crippen LogP contribution >= 0.6 is 0 Å². The van der Waals surface area contributed by atoms with Crippen molar-refractivity contribution in [1.82, 2.24) is 5.32 Å². The molecular formula is C16H31N3O2. The van der Waals surface area contributed by atoms with Crippen molar-refractivity contribution in [3.8, 4) is 0 Å². The predicted molar refractivity (Wildman–Crippen MR) is 85.2 cm³/mol. The summed E-state index contributed by atoms with van der Waals surface area (Å²) in [6.07, 6.45) is 6.49. The van der Waals surface area contributed by atoms with Gasteiger partial charge in [-0.05, 0) is 43.9 Å². The molecule has 1 aliphatic carbocycles. The average molecular weight is 297 g/mol. The highest BCUT2D eigenvalue weighted by atomic mass is 16.4. The van der Waals surface area contributed by atoms with E-state index in [-0.39, 0.29) is 17.2 Å². The number of carbonyl (C=O) groups excluding carboxylic acids is 1. The van der Waals surface area contributed by atoms with Gasteiger partial charge in [0.2, 0.25) is 5.91 Å². The Morgan fingerprint density at radius 2 is 2.00 bits per heavy atom. The molecule has 0 aromatic heterocycles. The zero-order chi connectivity index (χ0) is 16.1. The maximum Gasteiger partial charge on any atom is 0.233 e. The molecule has 1 rings (SSSR count). The first-order valence-corrected chi connectivity index (χ1v) is 8.06. The molecule has 0 bridgehead atoms. The van der Waals surface area contributed by atoms with Gasteiger partial charge < -0.3 is 16.3 Å². The Morgan fingerprint density at radius 1 is 1.43 bits per heavy atom. The number of hydrogen-bond donors (Lipinski definition) is 3. The maximum atomic E-state index is 12.5. The highest BCUT2D eigenvalue weighted by Gasteiger charge is 2.39. The molecule has 0 radical (unpaired) electrons. The van der Waals surface area contributed by atoms with Crippen LogP contribution in [0, 0.1) is 16.7 Å². The minimum Gasteiger partial charge on any atom is -0.409 e. The number of nitrogens with zero attached hydrogens (tertiary/aromatic N) is 1. The molecule has 0 heterocycles. The fourth-order valence-corrected chi connectivity index (χ4v) is 3.48. The van der Waals surface area contributed by atoms with Gasteiger partial charge in [0.15, 0.2) is 5.84 Å². The normalized spacial score (nSPS) is 21.3. The van der Waals surface area contributed by atoms with Crippen molar-refractivity contribution in [3.05, 3.63) is 0 Å². The smallest absolute Gasteiger partial charge is 0.233 e. The van der Waals surface area contributed by atoms with E-state index < -0.39 is 5.41 Å². The van der Waals surface area contributed by atoms with Crippen LogP contribution in [0.25, 0.3) is 0 Å². The van der Waals surface area contributed by atoms with Gasteiger partial charge in [0.25, 0.3) is 0 Å². The van der Waals surface area contributed by atoms with Gasteiger partial charge in [-0.15, -0.1) is 0 Å². The molecule has 1 aliphatic rings. The molecule has 5 nitrogen and oxygen atoms in total. The number of nitrogens with one attached hydrogen (secondary N) is 1. The average Bonchev–Trinajstić information content (AvgIpc) is 2.90. The summed E-state index contributed by atoms with van der Waals surface area (Å²) in [6, 6.07) is 0. The van der Waals surface area contributed by atoms with Crippen molar-refractivity contribution in [2.45, 2.75) is 66.2 Å². The Kier molecular flexibility index (Phi) is 6.05. The standard InChI is InChI=1S/C16H31N3O2/c1-5-15(4,13(17)19-21)14(20)18-11-16(10-12(2)3)8-6-7-9-16/h12,21H,5-11H2,1-4H3,(H2,17,19)(H,18,20). The van der Waals surface area contributed by atoms with Crippen molar-refractivity contribution >= 4 is 11.7 Å². The summed E-state index contributed by atoms with van der Waals surface area (Å²) in [6.45, 7) is 8.75. The van der Waals surface area contributed by atoms with Crippen LogP contribution in [-0.2, 0) is 4.79 Å². The van der Waals surface area contributed by atoms with Crippen LogP contribution in [-0.4, -0.2) is 23.5 Å². The summed E-state index contributed by atoms with van der Waals surface area (Å²) < 4.78 is 0. The van der Waals surface area contributed by atoms with Gasteiger partial charge in [-0.25, -0.2) is 0 Å². The number of amides is 1. The summed E-state index contributed by atoms with van der Waals surface area (Å²) in [5, 5.41) is 15.0. The number of oxime groups is 1. The molecule has 0 saturated heterocycles. The Balaban J connectivity index is 2.73. The lowest BCUT2D eigenvalue weighted by atomic mass is 9.78. The van der Waals surface area contributed by atoms with Crippen LogP contribution in [0.2, 0.25) is 0 Å². The zero-order valence-corrected chi connectivity index (χ0v) is 13.9. The Hall–Kier alpha value is -1.26. The van der Waals surface area contributed by atoms with Crippen LogP contribution in [0.5, 0.6) is 0 Å². The van der Waals surface area contributed by atoms with Crippen LogP contribution in [0.1, 0.15) is 66.2 Å². The number of carbonyl (C=O) groups is 1. The lowest BCUT2D eigenvalue weighted by Crippen LogP contribution is -2.50. The van der Waals surface area contributed by atoms with E-state index in [2.05, 4.69) is 24.3 Å². The third kappa shape index (κ3) is 4.11. The quantitative estimate of drug-likeness (QED) is 0.292. The van der Waals surface area contributed by atoms with E-state index in [9.17, 15) is 4.79 Å². The van der Waals surface area contributed by atoms with Gasteiger partial charge in [0.1, 0.15) is 5.41 Å². The summed E-state index contributed by atoms with van der Waals surface area (Å²) in [4.78, 5) is 12.5. The molecule has 21 heavy (non-hydrogen) atoms. The second-order valence-electron chi connectivity index (χ2n) is 7.16. The molecule has 1 unspecified atom stereocenters. The van der Waals surface area contributed by atoms with E-state index in [0.717, 1.165) is 6.42 Å². The van der Waals surface area contributed by atoms with E-state index in [1.807, 2.05) is 6.92 Å². The number of rotatable bonds is 7. The SMILES string of the molecule is CCC(C)(C(=O)NCC1(CC(C)C)CCCC1)C(N)=NO. The van der Waals surface area contributed by atoms with E-state index >= 15 is 0 Å². The molecule has 1 amide bonds. The minimum absolute atomic E-state index is 0.0215. The topological polar surface area (TPSA) is 87.7 Å². The van der Waals surface area contributed by atoms with E-state index in [1.165, 1.54) is 25.7 Å². The zero-order valence-electron chi connectivity index (χ0n) is 13.9. The molecule has 1 fully saturated rings. The van der Waals surface area contributed by atoms with Crippen molar-refractivity contribution in [2.24, 2.45) is 27.6 Å². The molecule has 0 spiro atoms. The number of amidine groups is 1. The lowest BCUT2D eigenvalue weighted by Gasteiger charge is -2.33. The third-order valence-electron chi connectivity index (χ3n) is 5.01. The van der Waals surface area contributed by atoms with Gasteiger partial charge in [-0.3, -0.25) is 4.79 Å². The minimum atomic E-state index is -0.938. The molecule has 1 saturated carbocycles. The van der Waals surface area contributed by atoms with Crippen LogP contribution in [0.15, 0.2) is 5.16 Å². The fraction of sp³-hybridized carbons (Fsp3) is 0.875. The molecule has 4 N–H and O–H groups in total. The molecule has 0 aromatic rings. The highest BCUT2D eigenvalue weighted by molar-refractivity contribution is 6.06. The molecule has 122 valence electrons. The molecule has 0 aromatic carbocycles. The summed E-state index contributed by atoms with van der Waals surface area (Å²) in [7, 11) is 0. The molecule has 1 atom stereocenters. The van der Waals surface area contributed by atoms with Gasteiger partial charge in [0.05, 0.1) is 0 Å². The molecular weight excluding hydrogens is 266 g/mol. The summed E-state index contributed by atoms with van der Waals surface area (Å²) >= 11 is 0. The van der Waals surface area contributed by atoms with E-state index in [1.54, 1.807) is 6.92 Å². The van der Waals surface area contributed by atoms with Crippen LogP contribution < -0.4 is 11.1 Å². The third-order valence-corrected chi connectivity index (χ3v) is 5.01. The summed E-state index contributed by atoms with van der Waals surface area (Å²) in [5.41, 5.74) is 4.99. The van der Waals surface area contributed by atoms with Gasteiger partial charge in [0, 0.05) is 6.54 Å². The highest BCUT2D eigenvalue weighted by Crippen LogP contribution is 2.42.